The maximum absolute atomic E-state index is 4.58. The minimum absolute atomic E-state index is 0.730. The van der Waals surface area contributed by atoms with Crippen LogP contribution in [0.2, 0.25) is 0 Å². The lowest BCUT2D eigenvalue weighted by Crippen LogP contribution is -2.29. The Bertz CT molecular complexity index is 176. The molecule has 0 aromatic carbocycles. The van der Waals surface area contributed by atoms with Gasteiger partial charge in [0.25, 0.3) is 0 Å². The predicted molar refractivity (Wildman–Crippen MR) is 58.2 cm³/mol. The fraction of sp³-hybridized carbons (Fsp3) is 0.875. The SMILES string of the molecule is C1CSCNC(C2CCSC2)=N1. The van der Waals surface area contributed by atoms with Crippen LogP contribution in [-0.4, -0.2) is 35.5 Å². The highest BCUT2D eigenvalue weighted by Crippen LogP contribution is 2.24. The Hall–Kier alpha value is 0.170. The van der Waals surface area contributed by atoms with Gasteiger partial charge < -0.3 is 5.32 Å². The minimum atomic E-state index is 0.730. The average Bonchev–Trinajstić information content (AvgIpc) is 2.48. The van der Waals surface area contributed by atoms with Crippen molar-refractivity contribution in [2.24, 2.45) is 10.9 Å². The van der Waals surface area contributed by atoms with Gasteiger partial charge in [-0.1, -0.05) is 0 Å². The van der Waals surface area contributed by atoms with E-state index >= 15 is 0 Å². The van der Waals surface area contributed by atoms with Crippen molar-refractivity contribution in [3.05, 3.63) is 0 Å². The summed E-state index contributed by atoms with van der Waals surface area (Å²) in [6.07, 6.45) is 1.32. The Morgan fingerprint density at radius 1 is 1.33 bits per heavy atom. The van der Waals surface area contributed by atoms with Gasteiger partial charge in [0.1, 0.15) is 5.84 Å². The molecule has 68 valence electrons. The molecule has 0 aromatic heterocycles. The summed E-state index contributed by atoms with van der Waals surface area (Å²) < 4.78 is 0. The third-order valence-electron chi connectivity index (χ3n) is 2.19. The van der Waals surface area contributed by atoms with Crippen molar-refractivity contribution in [1.82, 2.24) is 5.32 Å². The quantitative estimate of drug-likeness (QED) is 0.696. The van der Waals surface area contributed by atoms with Crippen molar-refractivity contribution in [3.63, 3.8) is 0 Å². The monoisotopic (exact) mass is 202 g/mol. The molecule has 12 heavy (non-hydrogen) atoms. The van der Waals surface area contributed by atoms with Gasteiger partial charge in [0.2, 0.25) is 0 Å². The summed E-state index contributed by atoms with van der Waals surface area (Å²) in [6.45, 7) is 1.01. The highest BCUT2D eigenvalue weighted by atomic mass is 32.2. The van der Waals surface area contributed by atoms with Crippen LogP contribution in [0.3, 0.4) is 0 Å². The van der Waals surface area contributed by atoms with Crippen LogP contribution in [0.1, 0.15) is 6.42 Å². The summed E-state index contributed by atoms with van der Waals surface area (Å²) >= 11 is 4.00. The van der Waals surface area contributed by atoms with Gasteiger partial charge in [-0.15, -0.1) is 11.8 Å². The van der Waals surface area contributed by atoms with Crippen molar-refractivity contribution in [2.75, 3.05) is 29.7 Å². The lowest BCUT2D eigenvalue weighted by atomic mass is 10.1. The molecule has 0 aromatic rings. The van der Waals surface area contributed by atoms with E-state index in [4.69, 9.17) is 0 Å². The second-order valence-corrected chi connectivity index (χ2v) is 5.31. The largest absolute Gasteiger partial charge is 0.365 e. The van der Waals surface area contributed by atoms with Gasteiger partial charge in [-0.2, -0.15) is 11.8 Å². The molecule has 2 aliphatic heterocycles. The lowest BCUT2D eigenvalue weighted by Gasteiger charge is -2.11. The van der Waals surface area contributed by atoms with Crippen LogP contribution in [0.4, 0.5) is 0 Å². The Kier molecular flexibility index (Phi) is 3.22. The van der Waals surface area contributed by atoms with E-state index in [0.29, 0.717) is 0 Å². The molecular weight excluding hydrogens is 188 g/mol. The summed E-state index contributed by atoms with van der Waals surface area (Å²) in [4.78, 5) is 4.58. The third-order valence-corrected chi connectivity index (χ3v) is 4.17. The number of rotatable bonds is 1. The van der Waals surface area contributed by atoms with Crippen molar-refractivity contribution in [3.8, 4) is 0 Å². The smallest absolute Gasteiger partial charge is 0.101 e. The van der Waals surface area contributed by atoms with Gasteiger partial charge in [0.05, 0.1) is 12.4 Å². The molecule has 2 aliphatic rings. The number of amidine groups is 1. The van der Waals surface area contributed by atoms with E-state index < -0.39 is 0 Å². The first-order valence-corrected chi connectivity index (χ1v) is 6.71. The van der Waals surface area contributed by atoms with E-state index in [-0.39, 0.29) is 0 Å². The zero-order valence-corrected chi connectivity index (χ0v) is 8.72. The van der Waals surface area contributed by atoms with Gasteiger partial charge in [0.15, 0.2) is 0 Å². The fourth-order valence-corrected chi connectivity index (χ4v) is 3.35. The van der Waals surface area contributed by atoms with Gasteiger partial charge in [-0.05, 0) is 12.2 Å². The van der Waals surface area contributed by atoms with Gasteiger partial charge in [-0.25, -0.2) is 0 Å². The predicted octanol–water partition coefficient (Wildman–Crippen LogP) is 1.43. The third kappa shape index (κ3) is 2.10. The zero-order chi connectivity index (χ0) is 8.23. The first kappa shape index (κ1) is 8.75. The summed E-state index contributed by atoms with van der Waals surface area (Å²) in [5, 5.41) is 3.42. The van der Waals surface area contributed by atoms with Crippen LogP contribution in [0.25, 0.3) is 0 Å². The molecule has 0 aliphatic carbocycles. The summed E-state index contributed by atoms with van der Waals surface area (Å²) in [5.41, 5.74) is 0. The first-order chi connectivity index (χ1) is 5.97. The van der Waals surface area contributed by atoms with E-state index in [0.717, 1.165) is 18.3 Å². The molecule has 1 saturated heterocycles. The molecule has 0 saturated carbocycles. The van der Waals surface area contributed by atoms with E-state index in [9.17, 15) is 0 Å². The van der Waals surface area contributed by atoms with E-state index in [2.05, 4.69) is 22.1 Å². The van der Waals surface area contributed by atoms with Crippen molar-refractivity contribution >= 4 is 29.4 Å². The second-order valence-electron chi connectivity index (χ2n) is 3.06. The van der Waals surface area contributed by atoms with Gasteiger partial charge in [0, 0.05) is 17.4 Å². The summed E-state index contributed by atoms with van der Waals surface area (Å²) in [7, 11) is 0. The number of thioether (sulfide) groups is 2. The number of hydrogen-bond donors (Lipinski definition) is 1. The minimum Gasteiger partial charge on any atom is -0.365 e. The van der Waals surface area contributed by atoms with E-state index in [1.165, 1.54) is 29.5 Å². The molecule has 1 atom stereocenters. The van der Waals surface area contributed by atoms with Crippen molar-refractivity contribution in [1.29, 1.82) is 0 Å². The van der Waals surface area contributed by atoms with Crippen LogP contribution in [0, 0.1) is 5.92 Å². The summed E-state index contributed by atoms with van der Waals surface area (Å²) in [6, 6.07) is 0. The average molecular weight is 202 g/mol. The maximum atomic E-state index is 4.58. The van der Waals surface area contributed by atoms with E-state index in [1.807, 2.05) is 11.8 Å². The fourth-order valence-electron chi connectivity index (χ4n) is 1.51. The van der Waals surface area contributed by atoms with E-state index in [1.54, 1.807) is 0 Å². The first-order valence-electron chi connectivity index (χ1n) is 4.40. The zero-order valence-electron chi connectivity index (χ0n) is 7.08. The topological polar surface area (TPSA) is 24.4 Å². The molecule has 1 N–H and O–H groups in total. The van der Waals surface area contributed by atoms with Gasteiger partial charge >= 0.3 is 0 Å². The van der Waals surface area contributed by atoms with Crippen molar-refractivity contribution < 1.29 is 0 Å². The van der Waals surface area contributed by atoms with Crippen LogP contribution in [0.15, 0.2) is 4.99 Å². The molecule has 2 nitrogen and oxygen atoms in total. The molecular formula is C8H14N2S2. The second kappa shape index (κ2) is 4.42. The maximum Gasteiger partial charge on any atom is 0.101 e. The Labute approximate surface area is 82.0 Å². The van der Waals surface area contributed by atoms with Crippen LogP contribution < -0.4 is 5.32 Å². The molecule has 2 heterocycles. The standard InChI is InChI=1S/C8H14N2S2/c1-3-11-5-7(1)8-9-2-4-12-6-10-8/h7H,1-6H2,(H,9,10). The molecule has 0 amide bonds. The Morgan fingerprint density at radius 3 is 3.17 bits per heavy atom. The molecule has 1 unspecified atom stereocenters. The number of hydrogen-bond acceptors (Lipinski definition) is 4. The molecule has 0 spiro atoms. The molecule has 0 bridgehead atoms. The number of nitrogens with zero attached hydrogens (tertiary/aromatic N) is 1. The number of nitrogens with one attached hydrogen (secondary N) is 1. The molecule has 0 radical (unpaired) electrons. The summed E-state index contributed by atoms with van der Waals surface area (Å²) in [5.74, 6) is 6.84. The Morgan fingerprint density at radius 2 is 2.33 bits per heavy atom. The van der Waals surface area contributed by atoms with Crippen LogP contribution in [-0.2, 0) is 0 Å². The number of aliphatic imine (C=N–C) groups is 1. The molecule has 4 heteroatoms. The highest BCUT2D eigenvalue weighted by molar-refractivity contribution is 7.99. The molecule has 2 rings (SSSR count). The highest BCUT2D eigenvalue weighted by Gasteiger charge is 2.21. The molecule has 1 fully saturated rings. The van der Waals surface area contributed by atoms with Crippen LogP contribution >= 0.6 is 23.5 Å². The normalized spacial score (nSPS) is 30.7. The lowest BCUT2D eigenvalue weighted by molar-refractivity contribution is 0.754. The van der Waals surface area contributed by atoms with Crippen LogP contribution in [0.5, 0.6) is 0 Å². The van der Waals surface area contributed by atoms with Crippen molar-refractivity contribution in [2.45, 2.75) is 6.42 Å². The van der Waals surface area contributed by atoms with Gasteiger partial charge in [-0.3, -0.25) is 4.99 Å². The Balaban J connectivity index is 1.95.